The fourth-order valence-corrected chi connectivity index (χ4v) is 6.24. The summed E-state index contributed by atoms with van der Waals surface area (Å²) in [6.07, 6.45) is 9.18. The Labute approximate surface area is 280 Å². The van der Waals surface area contributed by atoms with Crippen molar-refractivity contribution in [2.24, 2.45) is 5.92 Å². The Hall–Kier alpha value is -2.44. The molecule has 0 aliphatic heterocycles. The van der Waals surface area contributed by atoms with E-state index >= 15 is 0 Å². The van der Waals surface area contributed by atoms with E-state index in [0.29, 0.717) is 5.92 Å². The standard InChI is InChI=1S/C15H13.C13H10.C11H17.2ClH.Zr/c1-10-3-5-14-12(7-10)9-13-8-11(2)4-6-15(13)14;1-3-7-12(8-4-1)11-13-9-5-2-6-10-13;1-4-9-7-8-10(5-2)11(9)6-3;;;/h3-9H,1-2H3;1-10H;7,10H,4-6H2,1-3H3;2*1H;/q-1;;-1;;;+2/p-2. The second kappa shape index (κ2) is 17.6. The summed E-state index contributed by atoms with van der Waals surface area (Å²) in [6, 6.07) is 36.7. The van der Waals surface area contributed by atoms with Gasteiger partial charge in [0.25, 0.3) is 0 Å². The second-order valence-electron chi connectivity index (χ2n) is 10.5. The third kappa shape index (κ3) is 9.03. The van der Waals surface area contributed by atoms with E-state index in [1.165, 1.54) is 96.1 Å². The molecule has 0 spiro atoms. The third-order valence-electron chi connectivity index (χ3n) is 7.60. The third-order valence-corrected chi connectivity index (χ3v) is 9.02. The quantitative estimate of drug-likeness (QED) is 0.239. The predicted octanol–water partition coefficient (Wildman–Crippen LogP) is 4.64. The molecule has 0 bridgehead atoms. The summed E-state index contributed by atoms with van der Waals surface area (Å²) in [6.45, 7) is 11.0. The molecule has 0 saturated carbocycles. The zero-order valence-corrected chi connectivity index (χ0v) is 29.3. The van der Waals surface area contributed by atoms with Gasteiger partial charge in [0.1, 0.15) is 0 Å². The molecule has 0 saturated heterocycles. The van der Waals surface area contributed by atoms with Crippen LogP contribution < -0.4 is 24.8 Å². The van der Waals surface area contributed by atoms with Crippen LogP contribution in [0.4, 0.5) is 0 Å². The molecular weight excluding hydrogens is 631 g/mol. The van der Waals surface area contributed by atoms with Gasteiger partial charge in [0.15, 0.2) is 0 Å². The van der Waals surface area contributed by atoms with Gasteiger partial charge in [-0.05, 0) is 13.8 Å². The molecule has 1 atom stereocenters. The molecule has 0 aromatic heterocycles. The molecule has 0 radical (unpaired) electrons. The molecule has 1 unspecified atom stereocenters. The van der Waals surface area contributed by atoms with E-state index < -0.39 is 0 Å². The summed E-state index contributed by atoms with van der Waals surface area (Å²) in [5.41, 5.74) is 8.47. The Bertz CT molecular complexity index is 1530. The van der Waals surface area contributed by atoms with Crippen LogP contribution in [0.5, 0.6) is 0 Å². The first kappa shape index (κ1) is 35.8. The first-order chi connectivity index (χ1) is 19.4. The number of halogens is 2. The van der Waals surface area contributed by atoms with Crippen LogP contribution in [-0.4, -0.2) is 3.21 Å². The number of aryl methyl sites for hydroxylation is 2. The topological polar surface area (TPSA) is 0 Å². The molecule has 3 heteroatoms. The fourth-order valence-electron chi connectivity index (χ4n) is 5.42. The van der Waals surface area contributed by atoms with Gasteiger partial charge in [-0.25, -0.2) is 6.08 Å². The molecule has 6 rings (SSSR count). The van der Waals surface area contributed by atoms with Crippen molar-refractivity contribution in [3.05, 3.63) is 149 Å². The summed E-state index contributed by atoms with van der Waals surface area (Å²) in [7, 11) is 0. The van der Waals surface area contributed by atoms with Gasteiger partial charge in [-0.3, -0.25) is 6.08 Å². The van der Waals surface area contributed by atoms with E-state index in [2.05, 4.69) is 150 Å². The minimum absolute atomic E-state index is 0. The Morgan fingerprint density at radius 2 is 1.17 bits per heavy atom. The molecule has 0 N–H and O–H groups in total. The predicted molar refractivity (Wildman–Crippen MR) is 172 cm³/mol. The van der Waals surface area contributed by atoms with Crippen molar-refractivity contribution in [2.45, 2.75) is 53.9 Å². The van der Waals surface area contributed by atoms with E-state index in [0.717, 1.165) is 0 Å². The first-order valence-electron chi connectivity index (χ1n) is 14.5. The van der Waals surface area contributed by atoms with Crippen molar-refractivity contribution in [2.75, 3.05) is 0 Å². The maximum absolute atomic E-state index is 3.41. The van der Waals surface area contributed by atoms with Crippen molar-refractivity contribution in [1.82, 2.24) is 0 Å². The zero-order valence-electron chi connectivity index (χ0n) is 25.3. The Kier molecular flexibility index (Phi) is 15.0. The van der Waals surface area contributed by atoms with Crippen molar-refractivity contribution < 1.29 is 49.0 Å². The molecule has 0 heterocycles. The average molecular weight is 671 g/mol. The van der Waals surface area contributed by atoms with Gasteiger partial charge in [0.2, 0.25) is 0 Å². The maximum atomic E-state index is 3.41. The Morgan fingerprint density at radius 3 is 1.57 bits per heavy atom. The van der Waals surface area contributed by atoms with Crippen molar-refractivity contribution in [1.29, 1.82) is 0 Å². The number of rotatable bonds is 5. The van der Waals surface area contributed by atoms with Crippen LogP contribution in [0.3, 0.4) is 0 Å². The van der Waals surface area contributed by atoms with Crippen LogP contribution >= 0.6 is 0 Å². The normalized spacial score (nSPS) is 13.5. The SMILES string of the molecule is CCC1=C(CC)C(CC)[C-]=C1.Cc1ccc2c(c1)[cH-]c1cc(C)ccc12.[Cl-].[Cl-].[Zr+2]=[C](c1ccccc1)c1ccccc1. The van der Waals surface area contributed by atoms with Crippen LogP contribution in [0.15, 0.2) is 120 Å². The second-order valence-corrected chi connectivity index (χ2v) is 11.7. The molecule has 5 aromatic carbocycles. The number of hydrogen-bond donors (Lipinski definition) is 0. The molecule has 0 amide bonds. The average Bonchev–Trinajstić information content (AvgIpc) is 3.57. The summed E-state index contributed by atoms with van der Waals surface area (Å²) in [4.78, 5) is 0. The molecule has 1 aliphatic carbocycles. The van der Waals surface area contributed by atoms with Gasteiger partial charge in [0, 0.05) is 0 Å². The Morgan fingerprint density at radius 1 is 0.690 bits per heavy atom. The number of fused-ring (bicyclic) bond motifs is 3. The summed E-state index contributed by atoms with van der Waals surface area (Å²) in [5, 5.41) is 5.46. The van der Waals surface area contributed by atoms with Crippen molar-refractivity contribution in [3.8, 4) is 0 Å². The van der Waals surface area contributed by atoms with Crippen molar-refractivity contribution >= 4 is 24.8 Å². The summed E-state index contributed by atoms with van der Waals surface area (Å²) in [5.74, 6) is 0.634. The molecule has 216 valence electrons. The number of hydrogen-bond acceptors (Lipinski definition) is 0. The number of benzene rings is 4. The van der Waals surface area contributed by atoms with Crippen LogP contribution in [-0.2, 0) is 24.2 Å². The van der Waals surface area contributed by atoms with Crippen LogP contribution in [0, 0.1) is 25.8 Å². The number of allylic oxidation sites excluding steroid dienone is 4. The van der Waals surface area contributed by atoms with Crippen LogP contribution in [0.2, 0.25) is 0 Å². The zero-order chi connectivity index (χ0) is 28.5. The van der Waals surface area contributed by atoms with Crippen LogP contribution in [0.1, 0.15) is 62.3 Å². The van der Waals surface area contributed by atoms with E-state index in [-0.39, 0.29) is 24.8 Å². The Balaban J connectivity index is 0.000000218. The minimum atomic E-state index is 0. The van der Waals surface area contributed by atoms with Gasteiger partial charge in [0.05, 0.1) is 0 Å². The fraction of sp³-hybridized carbons (Fsp3) is 0.231. The van der Waals surface area contributed by atoms with Crippen molar-refractivity contribution in [3.63, 3.8) is 0 Å². The summed E-state index contributed by atoms with van der Waals surface area (Å²) < 4.78 is 1.42. The summed E-state index contributed by atoms with van der Waals surface area (Å²) >= 11 is 1.46. The molecule has 42 heavy (non-hydrogen) atoms. The van der Waals surface area contributed by atoms with Gasteiger partial charge in [-0.2, -0.15) is 11.1 Å². The van der Waals surface area contributed by atoms with Gasteiger partial charge in [-0.15, -0.1) is 39.7 Å². The molecule has 5 aromatic rings. The van der Waals surface area contributed by atoms with E-state index in [1.807, 2.05) is 0 Å². The molecule has 1 aliphatic rings. The van der Waals surface area contributed by atoms with Gasteiger partial charge in [-0.1, -0.05) is 81.3 Å². The van der Waals surface area contributed by atoms with E-state index in [1.54, 1.807) is 5.57 Å². The molecule has 0 nitrogen and oxygen atoms in total. The monoisotopic (exact) mass is 668 g/mol. The van der Waals surface area contributed by atoms with Gasteiger partial charge < -0.3 is 24.8 Å². The molecular formula is C39H40Cl2Zr-2. The van der Waals surface area contributed by atoms with Gasteiger partial charge >= 0.3 is 99.2 Å². The first-order valence-corrected chi connectivity index (χ1v) is 15.7. The molecule has 0 fully saturated rings. The van der Waals surface area contributed by atoms with E-state index in [4.69, 9.17) is 0 Å². The van der Waals surface area contributed by atoms with Crippen LogP contribution in [0.25, 0.3) is 21.5 Å². The van der Waals surface area contributed by atoms with E-state index in [9.17, 15) is 0 Å².